The topological polar surface area (TPSA) is 55.7 Å². The molecule has 0 aromatic rings. The van der Waals surface area contributed by atoms with E-state index in [4.69, 9.17) is 11.6 Å². The van der Waals surface area contributed by atoms with Gasteiger partial charge < -0.3 is 0 Å². The third-order valence-electron chi connectivity index (χ3n) is 0.848. The molecule has 12 heavy (non-hydrogen) atoms. The summed E-state index contributed by atoms with van der Waals surface area (Å²) in [6, 6.07) is 0. The van der Waals surface area contributed by atoms with Crippen LogP contribution in [-0.2, 0) is 14.4 Å². The summed E-state index contributed by atoms with van der Waals surface area (Å²) in [5, 5.41) is 3.39. The SMILES string of the molecule is CC(C)CC(Cl)=NOS(C)(=O)=O. The first-order valence-electron chi connectivity index (χ1n) is 3.42. The fourth-order valence-corrected chi connectivity index (χ4v) is 1.09. The van der Waals surface area contributed by atoms with E-state index >= 15 is 0 Å². The van der Waals surface area contributed by atoms with Crippen molar-refractivity contribution in [2.45, 2.75) is 20.3 Å². The van der Waals surface area contributed by atoms with E-state index in [-0.39, 0.29) is 5.17 Å². The molecule has 6 heteroatoms. The molecule has 0 aromatic carbocycles. The average molecular weight is 214 g/mol. The van der Waals surface area contributed by atoms with Gasteiger partial charge in [0.15, 0.2) is 0 Å². The molecule has 0 aliphatic rings. The molecule has 0 heterocycles. The molecule has 0 spiro atoms. The van der Waals surface area contributed by atoms with Crippen molar-refractivity contribution >= 4 is 26.9 Å². The molecule has 0 saturated heterocycles. The van der Waals surface area contributed by atoms with Gasteiger partial charge in [0, 0.05) is 6.42 Å². The van der Waals surface area contributed by atoms with Crippen molar-refractivity contribution in [1.82, 2.24) is 0 Å². The fraction of sp³-hybridized carbons (Fsp3) is 0.833. The number of rotatable bonds is 4. The third kappa shape index (κ3) is 7.81. The van der Waals surface area contributed by atoms with Crippen LogP contribution < -0.4 is 0 Å². The van der Waals surface area contributed by atoms with Crippen molar-refractivity contribution < 1.29 is 12.7 Å². The van der Waals surface area contributed by atoms with Gasteiger partial charge in [0.1, 0.15) is 5.17 Å². The third-order valence-corrected chi connectivity index (χ3v) is 1.42. The van der Waals surface area contributed by atoms with E-state index in [1.165, 1.54) is 0 Å². The van der Waals surface area contributed by atoms with Crippen LogP contribution in [0.2, 0.25) is 0 Å². The monoisotopic (exact) mass is 213 g/mol. The second-order valence-electron chi connectivity index (χ2n) is 2.84. The molecule has 0 amide bonds. The number of halogens is 1. The standard InChI is InChI=1S/C6H12ClNO3S/c1-5(2)4-6(7)8-11-12(3,9)10/h5H,4H2,1-3H3. The van der Waals surface area contributed by atoms with Crippen molar-refractivity contribution in [3.8, 4) is 0 Å². The largest absolute Gasteiger partial charge is 0.325 e. The molecule has 0 aliphatic carbocycles. The van der Waals surface area contributed by atoms with Crippen molar-refractivity contribution in [3.05, 3.63) is 0 Å². The minimum absolute atomic E-state index is 0.162. The van der Waals surface area contributed by atoms with E-state index in [1.807, 2.05) is 13.8 Å². The Morgan fingerprint density at radius 1 is 1.58 bits per heavy atom. The minimum atomic E-state index is -3.53. The van der Waals surface area contributed by atoms with E-state index in [9.17, 15) is 8.42 Å². The summed E-state index contributed by atoms with van der Waals surface area (Å²) in [6.45, 7) is 3.89. The molecule has 0 N–H and O–H groups in total. The van der Waals surface area contributed by atoms with Gasteiger partial charge in [0.25, 0.3) is 0 Å². The highest BCUT2D eigenvalue weighted by Crippen LogP contribution is 2.05. The molecule has 0 saturated carbocycles. The molecule has 0 unspecified atom stereocenters. The van der Waals surface area contributed by atoms with E-state index in [0.29, 0.717) is 12.3 Å². The normalized spacial score (nSPS) is 13.6. The van der Waals surface area contributed by atoms with Gasteiger partial charge in [0.05, 0.1) is 6.26 Å². The predicted octanol–water partition coefficient (Wildman–Crippen LogP) is 1.56. The second kappa shape index (κ2) is 4.67. The Balaban J connectivity index is 4.02. The lowest BCUT2D eigenvalue weighted by atomic mass is 10.1. The summed E-state index contributed by atoms with van der Waals surface area (Å²) in [4.78, 5) is 0. The van der Waals surface area contributed by atoms with Crippen molar-refractivity contribution in [2.75, 3.05) is 6.26 Å². The summed E-state index contributed by atoms with van der Waals surface area (Å²) < 4.78 is 25.0. The zero-order valence-corrected chi connectivity index (χ0v) is 8.82. The van der Waals surface area contributed by atoms with Gasteiger partial charge in [-0.25, -0.2) is 0 Å². The number of nitrogens with zero attached hydrogens (tertiary/aromatic N) is 1. The summed E-state index contributed by atoms with van der Waals surface area (Å²) >= 11 is 5.54. The highest BCUT2D eigenvalue weighted by Gasteiger charge is 2.03. The molecule has 0 rings (SSSR count). The fourth-order valence-electron chi connectivity index (χ4n) is 0.482. The lowest BCUT2D eigenvalue weighted by Gasteiger charge is -2.00. The summed E-state index contributed by atoms with van der Waals surface area (Å²) in [5.41, 5.74) is 0. The Bertz CT molecular complexity index is 258. The van der Waals surface area contributed by atoms with Gasteiger partial charge in [0.2, 0.25) is 0 Å². The molecule has 0 aliphatic heterocycles. The first-order chi connectivity index (χ1) is 5.31. The smallest absolute Gasteiger partial charge is 0.268 e. The lowest BCUT2D eigenvalue weighted by molar-refractivity contribution is 0.342. The van der Waals surface area contributed by atoms with Crippen LogP contribution in [0.3, 0.4) is 0 Å². The Morgan fingerprint density at radius 2 is 2.08 bits per heavy atom. The molecule has 4 nitrogen and oxygen atoms in total. The first kappa shape index (κ1) is 11.7. The van der Waals surface area contributed by atoms with Crippen LogP contribution in [0, 0.1) is 5.92 Å². The van der Waals surface area contributed by atoms with Gasteiger partial charge in [-0.1, -0.05) is 30.6 Å². The van der Waals surface area contributed by atoms with Crippen LogP contribution in [0.15, 0.2) is 5.16 Å². The van der Waals surface area contributed by atoms with Crippen molar-refractivity contribution in [2.24, 2.45) is 11.1 Å². The second-order valence-corrected chi connectivity index (χ2v) is 4.84. The van der Waals surface area contributed by atoms with Gasteiger partial charge in [-0.2, -0.15) is 8.42 Å². The Morgan fingerprint density at radius 3 is 2.42 bits per heavy atom. The van der Waals surface area contributed by atoms with Crippen LogP contribution in [0.25, 0.3) is 0 Å². The predicted molar refractivity (Wildman–Crippen MR) is 48.7 cm³/mol. The van der Waals surface area contributed by atoms with Crippen LogP contribution in [0.5, 0.6) is 0 Å². The molecular weight excluding hydrogens is 202 g/mol. The zero-order chi connectivity index (χ0) is 9.78. The maximum atomic E-state index is 10.4. The average Bonchev–Trinajstić information content (AvgIpc) is 1.80. The summed E-state index contributed by atoms with van der Waals surface area (Å²) in [5.74, 6) is 0.324. The van der Waals surface area contributed by atoms with E-state index in [0.717, 1.165) is 6.26 Å². The zero-order valence-electron chi connectivity index (χ0n) is 7.24. The van der Waals surface area contributed by atoms with Gasteiger partial charge in [-0.05, 0) is 5.92 Å². The molecule has 0 radical (unpaired) electrons. The van der Waals surface area contributed by atoms with E-state index < -0.39 is 10.1 Å². The number of hydrogen-bond donors (Lipinski definition) is 0. The number of hydrogen-bond acceptors (Lipinski definition) is 4. The molecule has 0 aromatic heterocycles. The quantitative estimate of drug-likeness (QED) is 0.526. The Labute approximate surface area is 77.7 Å². The van der Waals surface area contributed by atoms with Gasteiger partial charge >= 0.3 is 10.1 Å². The van der Waals surface area contributed by atoms with E-state index in [2.05, 4.69) is 9.44 Å². The molecular formula is C6H12ClNO3S. The van der Waals surface area contributed by atoms with Crippen LogP contribution in [0.1, 0.15) is 20.3 Å². The highest BCUT2D eigenvalue weighted by atomic mass is 35.5. The van der Waals surface area contributed by atoms with Crippen molar-refractivity contribution in [1.29, 1.82) is 0 Å². The van der Waals surface area contributed by atoms with Crippen LogP contribution in [-0.4, -0.2) is 19.8 Å². The molecule has 72 valence electrons. The lowest BCUT2D eigenvalue weighted by Crippen LogP contribution is -2.01. The maximum Gasteiger partial charge on any atom is 0.325 e. The van der Waals surface area contributed by atoms with Gasteiger partial charge in [-0.3, -0.25) is 4.28 Å². The summed E-state index contributed by atoms with van der Waals surface area (Å²) in [7, 11) is -3.53. The molecule has 0 bridgehead atoms. The van der Waals surface area contributed by atoms with Crippen molar-refractivity contribution in [3.63, 3.8) is 0 Å². The van der Waals surface area contributed by atoms with Crippen LogP contribution >= 0.6 is 11.6 Å². The molecule has 0 atom stereocenters. The first-order valence-corrected chi connectivity index (χ1v) is 5.61. The molecule has 0 fully saturated rings. The van der Waals surface area contributed by atoms with E-state index in [1.54, 1.807) is 0 Å². The highest BCUT2D eigenvalue weighted by molar-refractivity contribution is 7.85. The Hall–Kier alpha value is -0.290. The number of oxime groups is 1. The van der Waals surface area contributed by atoms with Crippen LogP contribution in [0.4, 0.5) is 0 Å². The van der Waals surface area contributed by atoms with Gasteiger partial charge in [-0.15, -0.1) is 0 Å². The minimum Gasteiger partial charge on any atom is -0.268 e. The maximum absolute atomic E-state index is 10.4. The summed E-state index contributed by atoms with van der Waals surface area (Å²) in [6.07, 6.45) is 1.42. The Kier molecular flexibility index (Phi) is 4.55.